The lowest BCUT2D eigenvalue weighted by molar-refractivity contribution is 0.0929. The van der Waals surface area contributed by atoms with Crippen molar-refractivity contribution in [2.75, 3.05) is 13.2 Å². The number of pyridine rings is 1. The van der Waals surface area contributed by atoms with Crippen molar-refractivity contribution in [1.82, 2.24) is 15.6 Å². The van der Waals surface area contributed by atoms with Crippen LogP contribution in [0.15, 0.2) is 49.2 Å². The molecule has 2 aromatic carbocycles. The van der Waals surface area contributed by atoms with E-state index >= 15 is 0 Å². The van der Waals surface area contributed by atoms with E-state index < -0.39 is 11.4 Å². The summed E-state index contributed by atoms with van der Waals surface area (Å²) in [6, 6.07) is 11.1. The third-order valence-electron chi connectivity index (χ3n) is 6.49. The van der Waals surface area contributed by atoms with E-state index in [9.17, 15) is 9.18 Å². The molecule has 2 N–H and O–H groups in total. The molecule has 1 amide bonds. The minimum absolute atomic E-state index is 0.114. The van der Waals surface area contributed by atoms with E-state index in [1.807, 2.05) is 18.2 Å². The molecule has 1 saturated heterocycles. The Labute approximate surface area is 186 Å². The molecular formula is C26H26FN3O2. The van der Waals surface area contributed by atoms with Crippen molar-refractivity contribution in [2.24, 2.45) is 0 Å². The topological polar surface area (TPSA) is 63.2 Å². The summed E-state index contributed by atoms with van der Waals surface area (Å²) in [4.78, 5) is 17.8. The Morgan fingerprint density at radius 3 is 2.88 bits per heavy atom. The number of ether oxygens (including phenoxy) is 1. The van der Waals surface area contributed by atoms with Crippen LogP contribution in [-0.4, -0.2) is 30.1 Å². The van der Waals surface area contributed by atoms with Crippen LogP contribution in [0.3, 0.4) is 0 Å². The zero-order valence-electron chi connectivity index (χ0n) is 18.1. The Morgan fingerprint density at radius 2 is 2.19 bits per heavy atom. The normalized spacial score (nSPS) is 18.6. The van der Waals surface area contributed by atoms with E-state index in [0.29, 0.717) is 17.7 Å². The second kappa shape index (κ2) is 8.02. The summed E-state index contributed by atoms with van der Waals surface area (Å²) >= 11 is 0. The summed E-state index contributed by atoms with van der Waals surface area (Å²) in [6.45, 7) is 6.98. The van der Waals surface area contributed by atoms with Crippen LogP contribution < -0.4 is 15.4 Å². The maximum absolute atomic E-state index is 14.4. The van der Waals surface area contributed by atoms with Gasteiger partial charge in [0.2, 0.25) is 0 Å². The van der Waals surface area contributed by atoms with Crippen molar-refractivity contribution >= 4 is 22.9 Å². The van der Waals surface area contributed by atoms with Gasteiger partial charge in [-0.3, -0.25) is 9.78 Å². The number of nitrogens with zero attached hydrogens (tertiary/aromatic N) is 1. The molecule has 32 heavy (non-hydrogen) atoms. The molecular weight excluding hydrogens is 405 g/mol. The number of hydrogen-bond donors (Lipinski definition) is 2. The summed E-state index contributed by atoms with van der Waals surface area (Å²) in [6.07, 6.45) is 6.23. The van der Waals surface area contributed by atoms with Crippen LogP contribution in [0.4, 0.5) is 4.39 Å². The van der Waals surface area contributed by atoms with Gasteiger partial charge < -0.3 is 15.4 Å². The molecule has 1 atom stereocenters. The number of benzene rings is 2. The van der Waals surface area contributed by atoms with E-state index in [4.69, 9.17) is 4.74 Å². The Hall–Kier alpha value is -3.25. The second-order valence-electron chi connectivity index (χ2n) is 8.73. The van der Waals surface area contributed by atoms with Gasteiger partial charge in [0.15, 0.2) is 11.6 Å². The number of carbonyl (C=O) groups excluding carboxylic acids is 1. The van der Waals surface area contributed by atoms with Crippen molar-refractivity contribution in [1.29, 1.82) is 0 Å². The van der Waals surface area contributed by atoms with E-state index in [2.05, 4.69) is 28.3 Å². The number of halogens is 1. The minimum atomic E-state index is -0.463. The first-order chi connectivity index (χ1) is 15.5. The predicted octanol–water partition coefficient (Wildman–Crippen LogP) is 4.49. The fourth-order valence-electron chi connectivity index (χ4n) is 4.28. The molecule has 5 nitrogen and oxygen atoms in total. The van der Waals surface area contributed by atoms with Crippen LogP contribution in [0, 0.1) is 12.7 Å². The molecule has 1 saturated carbocycles. The SMILES string of the molecule is C=Cc1cc(C2(NC(=O)c3cc(OC[C@@H]4CCN4)c(F)cc3C)CC2)c2cccnc2c1. The smallest absolute Gasteiger partial charge is 0.252 e. The molecule has 164 valence electrons. The van der Waals surface area contributed by atoms with Gasteiger partial charge in [-0.2, -0.15) is 0 Å². The third kappa shape index (κ3) is 3.75. The standard InChI is InChI=1S/C26H26FN3O2/c1-3-17-12-21(19-5-4-9-29-23(19)13-17)26(7-8-26)30-25(31)20-14-24(22(27)11-16(20)2)32-15-18-6-10-28-18/h3-5,9,11-14,18,28H,1,6-8,10,15H2,2H3,(H,30,31)/t18-/m0/s1. The monoisotopic (exact) mass is 431 g/mol. The van der Waals surface area contributed by atoms with Crippen molar-refractivity contribution in [3.05, 3.63) is 77.2 Å². The van der Waals surface area contributed by atoms with Crippen molar-refractivity contribution < 1.29 is 13.9 Å². The first-order valence-corrected chi connectivity index (χ1v) is 11.0. The molecule has 6 heteroatoms. The van der Waals surface area contributed by atoms with Crippen LogP contribution in [0.2, 0.25) is 0 Å². The minimum Gasteiger partial charge on any atom is -0.489 e. The predicted molar refractivity (Wildman–Crippen MR) is 123 cm³/mol. The highest BCUT2D eigenvalue weighted by atomic mass is 19.1. The number of carbonyl (C=O) groups is 1. The van der Waals surface area contributed by atoms with Crippen LogP contribution in [0.1, 0.15) is 46.3 Å². The van der Waals surface area contributed by atoms with Crippen molar-refractivity contribution in [3.8, 4) is 5.75 Å². The molecule has 1 aliphatic carbocycles. The number of aryl methyl sites for hydroxylation is 1. The molecule has 2 heterocycles. The van der Waals surface area contributed by atoms with Crippen LogP contribution in [0.5, 0.6) is 5.75 Å². The largest absolute Gasteiger partial charge is 0.489 e. The van der Waals surface area contributed by atoms with Gasteiger partial charge in [0, 0.05) is 23.2 Å². The van der Waals surface area contributed by atoms with Gasteiger partial charge in [-0.05, 0) is 79.8 Å². The maximum atomic E-state index is 14.4. The summed E-state index contributed by atoms with van der Waals surface area (Å²) in [5.41, 5.74) is 3.42. The lowest BCUT2D eigenvalue weighted by atomic mass is 9.95. The van der Waals surface area contributed by atoms with Crippen LogP contribution in [-0.2, 0) is 5.54 Å². The highest BCUT2D eigenvalue weighted by molar-refractivity contribution is 5.97. The second-order valence-corrected chi connectivity index (χ2v) is 8.73. The van der Waals surface area contributed by atoms with Gasteiger partial charge in [0.05, 0.1) is 11.1 Å². The summed E-state index contributed by atoms with van der Waals surface area (Å²) in [7, 11) is 0. The molecule has 0 radical (unpaired) electrons. The highest BCUT2D eigenvalue weighted by Crippen LogP contribution is 2.48. The zero-order valence-corrected chi connectivity index (χ0v) is 18.1. The maximum Gasteiger partial charge on any atom is 0.252 e. The average molecular weight is 432 g/mol. The molecule has 0 spiro atoms. The average Bonchev–Trinajstić information content (AvgIpc) is 3.53. The summed E-state index contributed by atoms with van der Waals surface area (Å²) in [5, 5.41) is 7.47. The zero-order chi connectivity index (χ0) is 22.3. The number of fused-ring (bicyclic) bond motifs is 1. The first kappa shape index (κ1) is 20.6. The molecule has 1 aromatic heterocycles. The highest BCUT2D eigenvalue weighted by Gasteiger charge is 2.47. The molecule has 5 rings (SSSR count). The van der Waals surface area contributed by atoms with E-state index in [1.165, 1.54) is 12.1 Å². The Balaban J connectivity index is 1.44. The molecule has 0 unspecified atom stereocenters. The Morgan fingerprint density at radius 1 is 1.38 bits per heavy atom. The quantitative estimate of drug-likeness (QED) is 0.579. The Bertz CT molecular complexity index is 1220. The molecule has 2 aliphatic rings. The van der Waals surface area contributed by atoms with Crippen molar-refractivity contribution in [2.45, 2.75) is 37.8 Å². The van der Waals surface area contributed by atoms with Gasteiger partial charge in [-0.25, -0.2) is 4.39 Å². The number of amides is 1. The Kier molecular flexibility index (Phi) is 5.18. The van der Waals surface area contributed by atoms with E-state index in [-0.39, 0.29) is 17.7 Å². The van der Waals surface area contributed by atoms with Gasteiger partial charge in [-0.15, -0.1) is 0 Å². The summed E-state index contributed by atoms with van der Waals surface area (Å²) < 4.78 is 20.1. The number of hydrogen-bond acceptors (Lipinski definition) is 4. The number of aromatic nitrogens is 1. The molecule has 3 aromatic rings. The lowest BCUT2D eigenvalue weighted by Gasteiger charge is -2.27. The number of nitrogens with one attached hydrogen (secondary N) is 2. The molecule has 1 aliphatic heterocycles. The lowest BCUT2D eigenvalue weighted by Crippen LogP contribution is -2.46. The van der Waals surface area contributed by atoms with Crippen molar-refractivity contribution in [3.63, 3.8) is 0 Å². The van der Waals surface area contributed by atoms with Gasteiger partial charge >= 0.3 is 0 Å². The van der Waals surface area contributed by atoms with Gasteiger partial charge in [-0.1, -0.05) is 18.7 Å². The van der Waals surface area contributed by atoms with Crippen LogP contribution >= 0.6 is 0 Å². The van der Waals surface area contributed by atoms with Gasteiger partial charge in [0.1, 0.15) is 6.61 Å². The van der Waals surface area contributed by atoms with E-state index in [1.54, 1.807) is 19.2 Å². The van der Waals surface area contributed by atoms with E-state index in [0.717, 1.165) is 47.8 Å². The third-order valence-corrected chi connectivity index (χ3v) is 6.49. The fraction of sp³-hybridized carbons (Fsp3) is 0.308. The molecule has 0 bridgehead atoms. The first-order valence-electron chi connectivity index (χ1n) is 11.0. The fourth-order valence-corrected chi connectivity index (χ4v) is 4.28. The number of rotatable bonds is 7. The summed E-state index contributed by atoms with van der Waals surface area (Å²) in [5.74, 6) is -0.564. The molecule has 2 fully saturated rings. The van der Waals surface area contributed by atoms with Crippen LogP contribution in [0.25, 0.3) is 17.0 Å². The van der Waals surface area contributed by atoms with Gasteiger partial charge in [0.25, 0.3) is 5.91 Å².